The number of thioether (sulfide) groups is 1. The van der Waals surface area contributed by atoms with Crippen molar-refractivity contribution in [2.75, 3.05) is 5.75 Å². The van der Waals surface area contributed by atoms with Crippen LogP contribution in [0.1, 0.15) is 25.3 Å². The Hall–Kier alpha value is -1.00. The quantitative estimate of drug-likeness (QED) is 0.355. The zero-order chi connectivity index (χ0) is 11.3. The Morgan fingerprint density at radius 3 is 2.47 bits per heavy atom. The number of rotatable bonds is 4. The molecular weight excluding hydrogens is 208 g/mol. The molecule has 1 aromatic carbocycles. The van der Waals surface area contributed by atoms with Gasteiger partial charge in [-0.1, -0.05) is 26.0 Å². The van der Waals surface area contributed by atoms with Gasteiger partial charge in [0, 0.05) is 4.90 Å². The Kier molecular flexibility index (Phi) is 4.65. The summed E-state index contributed by atoms with van der Waals surface area (Å²) in [6.07, 6.45) is 0. The largest absolute Gasteiger partial charge is 0.294 e. The van der Waals surface area contributed by atoms with Gasteiger partial charge in [-0.25, -0.2) is 5.84 Å². The van der Waals surface area contributed by atoms with Crippen molar-refractivity contribution in [3.05, 3.63) is 29.8 Å². The molecule has 0 aliphatic carbocycles. The molecule has 3 N–H and O–H groups in total. The second-order valence-corrected chi connectivity index (χ2v) is 4.63. The highest BCUT2D eigenvalue weighted by atomic mass is 32.2. The molecule has 4 heteroatoms. The van der Waals surface area contributed by atoms with Gasteiger partial charge in [-0.05, 0) is 23.6 Å². The lowest BCUT2D eigenvalue weighted by atomic mass is 10.0. The van der Waals surface area contributed by atoms with Crippen LogP contribution >= 0.6 is 11.8 Å². The van der Waals surface area contributed by atoms with Crippen LogP contribution in [0.15, 0.2) is 29.2 Å². The van der Waals surface area contributed by atoms with Gasteiger partial charge >= 0.3 is 0 Å². The summed E-state index contributed by atoms with van der Waals surface area (Å²) in [6.45, 7) is 4.31. The van der Waals surface area contributed by atoms with Gasteiger partial charge in [0.1, 0.15) is 0 Å². The van der Waals surface area contributed by atoms with E-state index < -0.39 is 0 Å². The lowest BCUT2D eigenvalue weighted by Crippen LogP contribution is -2.31. The van der Waals surface area contributed by atoms with Crippen LogP contribution in [0.5, 0.6) is 0 Å². The van der Waals surface area contributed by atoms with E-state index in [9.17, 15) is 4.79 Å². The Bertz CT molecular complexity index is 322. The lowest BCUT2D eigenvalue weighted by Gasteiger charge is -2.06. The zero-order valence-corrected chi connectivity index (χ0v) is 9.80. The Morgan fingerprint density at radius 1 is 1.40 bits per heavy atom. The fraction of sp³-hybridized carbons (Fsp3) is 0.364. The van der Waals surface area contributed by atoms with Crippen LogP contribution in [0.3, 0.4) is 0 Å². The molecule has 0 radical (unpaired) electrons. The van der Waals surface area contributed by atoms with Gasteiger partial charge < -0.3 is 0 Å². The SMILES string of the molecule is CC(C)c1ccc(SCC(=O)NN)cc1. The molecule has 0 aromatic heterocycles. The highest BCUT2D eigenvalue weighted by Crippen LogP contribution is 2.21. The lowest BCUT2D eigenvalue weighted by molar-refractivity contribution is -0.118. The first-order valence-corrected chi connectivity index (χ1v) is 5.84. The summed E-state index contributed by atoms with van der Waals surface area (Å²) >= 11 is 1.48. The van der Waals surface area contributed by atoms with Crippen LogP contribution in [0.2, 0.25) is 0 Å². The fourth-order valence-electron chi connectivity index (χ4n) is 1.14. The standard InChI is InChI=1S/C11H16N2OS/c1-8(2)9-3-5-10(6-4-9)15-7-11(14)13-12/h3-6,8H,7,12H2,1-2H3,(H,13,14). The zero-order valence-electron chi connectivity index (χ0n) is 8.99. The average molecular weight is 224 g/mol. The molecule has 0 unspecified atom stereocenters. The van der Waals surface area contributed by atoms with Gasteiger partial charge in [-0.2, -0.15) is 0 Å². The number of carbonyl (C=O) groups excluding carboxylic acids is 1. The number of carbonyl (C=O) groups is 1. The minimum Gasteiger partial charge on any atom is -0.294 e. The number of nitrogens with one attached hydrogen (secondary N) is 1. The summed E-state index contributed by atoms with van der Waals surface area (Å²) in [5.74, 6) is 5.72. The predicted molar refractivity (Wildman–Crippen MR) is 63.6 cm³/mol. The van der Waals surface area contributed by atoms with E-state index in [1.54, 1.807) is 0 Å². The van der Waals surface area contributed by atoms with Gasteiger partial charge in [0.05, 0.1) is 5.75 Å². The van der Waals surface area contributed by atoms with Gasteiger partial charge in [0.25, 0.3) is 0 Å². The Balaban J connectivity index is 2.53. The maximum absolute atomic E-state index is 10.9. The normalized spacial score (nSPS) is 10.4. The van der Waals surface area contributed by atoms with Gasteiger partial charge in [0.2, 0.25) is 5.91 Å². The van der Waals surface area contributed by atoms with E-state index in [0.29, 0.717) is 11.7 Å². The first kappa shape index (κ1) is 12.1. The molecule has 1 aromatic rings. The van der Waals surface area contributed by atoms with E-state index in [1.807, 2.05) is 12.1 Å². The van der Waals surface area contributed by atoms with Crippen molar-refractivity contribution in [2.24, 2.45) is 5.84 Å². The number of nitrogens with two attached hydrogens (primary N) is 1. The van der Waals surface area contributed by atoms with Crippen LogP contribution in [0.4, 0.5) is 0 Å². The molecule has 0 atom stereocenters. The predicted octanol–water partition coefficient (Wildman–Crippen LogP) is 1.89. The molecule has 82 valence electrons. The molecule has 1 amide bonds. The van der Waals surface area contributed by atoms with Crippen molar-refractivity contribution >= 4 is 17.7 Å². The van der Waals surface area contributed by atoms with E-state index in [4.69, 9.17) is 5.84 Å². The first-order valence-electron chi connectivity index (χ1n) is 4.85. The van der Waals surface area contributed by atoms with Crippen molar-refractivity contribution in [3.8, 4) is 0 Å². The molecular formula is C11H16N2OS. The van der Waals surface area contributed by atoms with Crippen LogP contribution in [-0.4, -0.2) is 11.7 Å². The number of hydrogen-bond acceptors (Lipinski definition) is 3. The molecule has 0 aliphatic rings. The third-order valence-electron chi connectivity index (χ3n) is 2.08. The number of hydrogen-bond donors (Lipinski definition) is 2. The molecule has 0 spiro atoms. The second-order valence-electron chi connectivity index (χ2n) is 3.58. The molecule has 0 saturated carbocycles. The van der Waals surface area contributed by atoms with Crippen LogP contribution in [0, 0.1) is 0 Å². The summed E-state index contributed by atoms with van der Waals surface area (Å²) in [7, 11) is 0. The van der Waals surface area contributed by atoms with Crippen molar-refractivity contribution in [3.63, 3.8) is 0 Å². The van der Waals surface area contributed by atoms with E-state index in [-0.39, 0.29) is 5.91 Å². The summed E-state index contributed by atoms with van der Waals surface area (Å²) in [5.41, 5.74) is 3.41. The third kappa shape index (κ3) is 3.93. The summed E-state index contributed by atoms with van der Waals surface area (Å²) < 4.78 is 0. The number of amides is 1. The van der Waals surface area contributed by atoms with Gasteiger partial charge in [0.15, 0.2) is 0 Å². The van der Waals surface area contributed by atoms with E-state index in [1.165, 1.54) is 17.3 Å². The minimum atomic E-state index is -0.159. The topological polar surface area (TPSA) is 55.1 Å². The molecule has 0 bridgehead atoms. The molecule has 0 saturated heterocycles. The van der Waals surface area contributed by atoms with Gasteiger partial charge in [-0.15, -0.1) is 11.8 Å². The second kappa shape index (κ2) is 5.78. The minimum absolute atomic E-state index is 0.159. The Labute approximate surface area is 94.4 Å². The van der Waals surface area contributed by atoms with Crippen LogP contribution < -0.4 is 11.3 Å². The van der Waals surface area contributed by atoms with Crippen molar-refractivity contribution in [2.45, 2.75) is 24.7 Å². The van der Waals surface area contributed by atoms with E-state index in [0.717, 1.165) is 4.90 Å². The summed E-state index contributed by atoms with van der Waals surface area (Å²) in [6, 6.07) is 8.24. The summed E-state index contributed by atoms with van der Waals surface area (Å²) in [5, 5.41) is 0. The molecule has 0 aliphatic heterocycles. The monoisotopic (exact) mass is 224 g/mol. The summed E-state index contributed by atoms with van der Waals surface area (Å²) in [4.78, 5) is 12.0. The maximum Gasteiger partial charge on any atom is 0.244 e. The molecule has 0 heterocycles. The molecule has 1 rings (SSSR count). The van der Waals surface area contributed by atoms with Gasteiger partial charge in [-0.3, -0.25) is 10.2 Å². The molecule has 0 fully saturated rings. The highest BCUT2D eigenvalue weighted by molar-refractivity contribution is 8.00. The number of hydrazine groups is 1. The van der Waals surface area contributed by atoms with Crippen LogP contribution in [0.25, 0.3) is 0 Å². The van der Waals surface area contributed by atoms with Crippen molar-refractivity contribution < 1.29 is 4.79 Å². The molecule has 15 heavy (non-hydrogen) atoms. The number of benzene rings is 1. The van der Waals surface area contributed by atoms with Crippen LogP contribution in [-0.2, 0) is 4.79 Å². The first-order chi connectivity index (χ1) is 7.13. The third-order valence-corrected chi connectivity index (χ3v) is 3.09. The highest BCUT2D eigenvalue weighted by Gasteiger charge is 2.02. The van der Waals surface area contributed by atoms with Crippen molar-refractivity contribution in [1.82, 2.24) is 5.43 Å². The smallest absolute Gasteiger partial charge is 0.244 e. The molecule has 3 nitrogen and oxygen atoms in total. The average Bonchev–Trinajstić information content (AvgIpc) is 2.26. The fourth-order valence-corrected chi connectivity index (χ4v) is 1.85. The maximum atomic E-state index is 10.9. The Morgan fingerprint density at radius 2 is 2.00 bits per heavy atom. The van der Waals surface area contributed by atoms with E-state index in [2.05, 4.69) is 31.4 Å². The van der Waals surface area contributed by atoms with Crippen molar-refractivity contribution in [1.29, 1.82) is 0 Å². The van der Waals surface area contributed by atoms with E-state index >= 15 is 0 Å².